The van der Waals surface area contributed by atoms with E-state index in [0.29, 0.717) is 17.9 Å². The molecule has 2 aromatic carbocycles. The second-order valence-corrected chi connectivity index (χ2v) is 7.34. The van der Waals surface area contributed by atoms with Crippen LogP contribution in [-0.4, -0.2) is 25.1 Å². The van der Waals surface area contributed by atoms with E-state index in [1.807, 2.05) is 55.5 Å². The molecule has 0 radical (unpaired) electrons. The Hall–Kier alpha value is -4.06. The van der Waals surface area contributed by atoms with Crippen LogP contribution in [0.5, 0.6) is 11.5 Å². The summed E-state index contributed by atoms with van der Waals surface area (Å²) in [7, 11) is 3.25. The Kier molecular flexibility index (Phi) is 6.22. The van der Waals surface area contributed by atoms with Gasteiger partial charge in [-0.05, 0) is 47.9 Å². The number of benzene rings is 2. The van der Waals surface area contributed by atoms with E-state index in [4.69, 9.17) is 13.9 Å². The molecule has 2 aromatic heterocycles. The Morgan fingerprint density at radius 3 is 2.75 bits per heavy atom. The van der Waals surface area contributed by atoms with Crippen molar-refractivity contribution in [2.24, 2.45) is 0 Å². The number of nitrogens with one attached hydrogen (secondary N) is 1. The van der Waals surface area contributed by atoms with E-state index in [1.165, 1.54) is 0 Å². The first-order valence-corrected chi connectivity index (χ1v) is 10.2. The number of aromatic nitrogens is 1. The number of amides is 1. The maximum Gasteiger partial charge on any atom is 0.244 e. The lowest BCUT2D eigenvalue weighted by atomic mass is 9.99. The van der Waals surface area contributed by atoms with Gasteiger partial charge in [0.1, 0.15) is 17.1 Å². The smallest absolute Gasteiger partial charge is 0.244 e. The van der Waals surface area contributed by atoms with Crippen LogP contribution in [0.25, 0.3) is 27.7 Å². The number of hydrogen-bond acceptors (Lipinski definition) is 5. The van der Waals surface area contributed by atoms with Crippen LogP contribution in [0, 0.1) is 0 Å². The van der Waals surface area contributed by atoms with Gasteiger partial charge in [0.25, 0.3) is 0 Å². The van der Waals surface area contributed by atoms with E-state index in [-0.39, 0.29) is 5.91 Å². The fraction of sp³-hybridized carbons (Fsp3) is 0.154. The molecule has 0 saturated heterocycles. The topological polar surface area (TPSA) is 73.6 Å². The van der Waals surface area contributed by atoms with Crippen molar-refractivity contribution >= 4 is 22.4 Å². The summed E-state index contributed by atoms with van der Waals surface area (Å²) in [5.41, 5.74) is 5.17. The van der Waals surface area contributed by atoms with Crippen LogP contribution in [0.1, 0.15) is 18.1 Å². The Morgan fingerprint density at radius 2 is 2.00 bits per heavy atom. The number of hydrogen-bond donors (Lipinski definition) is 1. The Morgan fingerprint density at radius 1 is 1.12 bits per heavy atom. The number of pyridine rings is 1. The number of furan rings is 1. The lowest BCUT2D eigenvalue weighted by Gasteiger charge is -2.10. The van der Waals surface area contributed by atoms with Crippen molar-refractivity contribution in [1.82, 2.24) is 10.3 Å². The summed E-state index contributed by atoms with van der Waals surface area (Å²) in [5.74, 6) is 1.22. The molecule has 0 aliphatic heterocycles. The van der Waals surface area contributed by atoms with Crippen molar-refractivity contribution in [2.75, 3.05) is 14.2 Å². The van der Waals surface area contributed by atoms with Crippen molar-refractivity contribution < 1.29 is 18.7 Å². The minimum Gasteiger partial charge on any atom is -0.497 e. The summed E-state index contributed by atoms with van der Waals surface area (Å²) in [6, 6.07) is 15.4. The van der Waals surface area contributed by atoms with Crippen LogP contribution in [0.2, 0.25) is 0 Å². The van der Waals surface area contributed by atoms with Crippen LogP contribution in [0.3, 0.4) is 0 Å². The van der Waals surface area contributed by atoms with Crippen LogP contribution in [0.15, 0.2) is 77.7 Å². The third-order valence-electron chi connectivity index (χ3n) is 5.24. The second kappa shape index (κ2) is 9.39. The summed E-state index contributed by atoms with van der Waals surface area (Å²) < 4.78 is 16.7. The summed E-state index contributed by atoms with van der Waals surface area (Å²) in [4.78, 5) is 16.6. The zero-order valence-corrected chi connectivity index (χ0v) is 18.2. The number of allylic oxidation sites excluding steroid dienone is 1. The highest BCUT2D eigenvalue weighted by molar-refractivity contribution is 6.00. The molecule has 32 heavy (non-hydrogen) atoms. The number of nitrogens with zero attached hydrogens (tertiary/aromatic N) is 1. The van der Waals surface area contributed by atoms with E-state index < -0.39 is 0 Å². The van der Waals surface area contributed by atoms with Gasteiger partial charge in [0.05, 0.1) is 20.5 Å². The maximum atomic E-state index is 12.5. The normalized spacial score (nSPS) is 11.4. The number of carbonyl (C=O) groups is 1. The summed E-state index contributed by atoms with van der Waals surface area (Å²) in [6.45, 7) is 2.30. The Bertz CT molecular complexity index is 1280. The minimum absolute atomic E-state index is 0.186. The molecular formula is C26H24N2O4. The van der Waals surface area contributed by atoms with E-state index >= 15 is 0 Å². The highest BCUT2D eigenvalue weighted by atomic mass is 16.5. The molecule has 0 saturated carbocycles. The van der Waals surface area contributed by atoms with Gasteiger partial charge < -0.3 is 19.2 Å². The van der Waals surface area contributed by atoms with E-state index in [2.05, 4.69) is 10.3 Å². The van der Waals surface area contributed by atoms with Crippen LogP contribution < -0.4 is 14.8 Å². The van der Waals surface area contributed by atoms with Gasteiger partial charge in [-0.25, -0.2) is 0 Å². The lowest BCUT2D eigenvalue weighted by molar-refractivity contribution is -0.116. The molecule has 4 aromatic rings. The molecule has 0 atom stereocenters. The minimum atomic E-state index is -0.186. The predicted molar refractivity (Wildman–Crippen MR) is 124 cm³/mol. The van der Waals surface area contributed by atoms with Gasteiger partial charge in [0.2, 0.25) is 5.91 Å². The van der Waals surface area contributed by atoms with Crippen molar-refractivity contribution in [3.63, 3.8) is 0 Å². The molecular weight excluding hydrogens is 404 g/mol. The molecule has 0 unspecified atom stereocenters. The monoisotopic (exact) mass is 428 g/mol. The highest BCUT2D eigenvalue weighted by Gasteiger charge is 2.15. The first kappa shape index (κ1) is 21.2. The molecule has 1 amide bonds. The van der Waals surface area contributed by atoms with Crippen molar-refractivity contribution in [2.45, 2.75) is 13.5 Å². The van der Waals surface area contributed by atoms with E-state index in [0.717, 1.165) is 39.0 Å². The number of fused-ring (bicyclic) bond motifs is 1. The molecule has 2 heterocycles. The van der Waals surface area contributed by atoms with Crippen LogP contribution in [0.4, 0.5) is 0 Å². The first-order chi connectivity index (χ1) is 15.6. The standard InChI is InChI=1S/C26H24N2O4/c1-17(10-26(29)28-15-18-6-5-9-27-14-18)21-12-22-23(16-32-25(22)13-24(21)31-3)19-7-4-8-20(11-19)30-2/h4-14,16H,15H2,1-3H3,(H,28,29)/b17-10+. The zero-order valence-electron chi connectivity index (χ0n) is 18.2. The molecule has 0 aliphatic rings. The molecule has 0 spiro atoms. The van der Waals surface area contributed by atoms with E-state index in [1.54, 1.807) is 39.0 Å². The molecule has 0 aliphatic carbocycles. The van der Waals surface area contributed by atoms with Gasteiger partial charge in [-0.3, -0.25) is 9.78 Å². The number of ether oxygens (including phenoxy) is 2. The largest absolute Gasteiger partial charge is 0.497 e. The highest BCUT2D eigenvalue weighted by Crippen LogP contribution is 2.38. The molecule has 6 nitrogen and oxygen atoms in total. The average molecular weight is 428 g/mol. The summed E-state index contributed by atoms with van der Waals surface area (Å²) in [5, 5.41) is 3.82. The first-order valence-electron chi connectivity index (χ1n) is 10.2. The molecule has 162 valence electrons. The maximum absolute atomic E-state index is 12.5. The average Bonchev–Trinajstić information content (AvgIpc) is 3.25. The van der Waals surface area contributed by atoms with Gasteiger partial charge in [0.15, 0.2) is 0 Å². The lowest BCUT2D eigenvalue weighted by Crippen LogP contribution is -2.20. The van der Waals surface area contributed by atoms with Crippen molar-refractivity contribution in [3.8, 4) is 22.6 Å². The molecule has 4 rings (SSSR count). The fourth-order valence-corrected chi connectivity index (χ4v) is 3.56. The number of methoxy groups -OCH3 is 2. The molecule has 1 N–H and O–H groups in total. The fourth-order valence-electron chi connectivity index (χ4n) is 3.56. The number of rotatable bonds is 7. The SMILES string of the molecule is COc1cccc(-c2coc3cc(OC)c(/C(C)=C/C(=O)NCc4cccnc4)cc23)c1. The van der Waals surface area contributed by atoms with Gasteiger partial charge in [-0.15, -0.1) is 0 Å². The van der Waals surface area contributed by atoms with Crippen LogP contribution >= 0.6 is 0 Å². The predicted octanol–water partition coefficient (Wildman–Crippen LogP) is 5.23. The molecule has 0 fully saturated rings. The van der Waals surface area contributed by atoms with Gasteiger partial charge in [-0.1, -0.05) is 18.2 Å². The van der Waals surface area contributed by atoms with Crippen molar-refractivity contribution in [1.29, 1.82) is 0 Å². The molecule has 0 bridgehead atoms. The van der Waals surface area contributed by atoms with Gasteiger partial charge in [0, 0.05) is 47.6 Å². The van der Waals surface area contributed by atoms with Gasteiger partial charge >= 0.3 is 0 Å². The second-order valence-electron chi connectivity index (χ2n) is 7.34. The van der Waals surface area contributed by atoms with Crippen molar-refractivity contribution in [3.05, 3.63) is 84.4 Å². The van der Waals surface area contributed by atoms with E-state index in [9.17, 15) is 4.79 Å². The zero-order chi connectivity index (χ0) is 22.5. The molecule has 6 heteroatoms. The third-order valence-corrected chi connectivity index (χ3v) is 5.24. The quantitative estimate of drug-likeness (QED) is 0.408. The summed E-state index contributed by atoms with van der Waals surface area (Å²) in [6.07, 6.45) is 6.73. The van der Waals surface area contributed by atoms with Gasteiger partial charge in [-0.2, -0.15) is 0 Å². The third kappa shape index (κ3) is 4.49. The summed E-state index contributed by atoms with van der Waals surface area (Å²) >= 11 is 0. The van der Waals surface area contributed by atoms with Crippen LogP contribution in [-0.2, 0) is 11.3 Å². The number of carbonyl (C=O) groups excluding carboxylic acids is 1. The Labute approximate surface area is 186 Å². The Balaban J connectivity index is 1.66.